The number of nitrogens with one attached hydrogen (secondary N) is 1. The van der Waals surface area contributed by atoms with Gasteiger partial charge in [0.05, 0.1) is 12.5 Å². The molecule has 20 heavy (non-hydrogen) atoms. The van der Waals surface area contributed by atoms with E-state index in [4.69, 9.17) is 11.6 Å². The van der Waals surface area contributed by atoms with Gasteiger partial charge in [0.25, 0.3) is 0 Å². The van der Waals surface area contributed by atoms with Crippen LogP contribution in [0.25, 0.3) is 0 Å². The maximum atomic E-state index is 12.1. The Kier molecular flexibility index (Phi) is 3.32. The Balaban J connectivity index is 1.94. The zero-order valence-electron chi connectivity index (χ0n) is 11.0. The van der Waals surface area contributed by atoms with Gasteiger partial charge in [0.1, 0.15) is 5.15 Å². The summed E-state index contributed by atoms with van der Waals surface area (Å²) in [6.07, 6.45) is 2.07. The minimum Gasteiger partial charge on any atom is -0.377 e. The zero-order chi connectivity index (χ0) is 14.1. The van der Waals surface area contributed by atoms with Gasteiger partial charge in [-0.2, -0.15) is 0 Å². The fourth-order valence-corrected chi connectivity index (χ4v) is 2.64. The van der Waals surface area contributed by atoms with Crippen molar-refractivity contribution >= 4 is 28.9 Å². The van der Waals surface area contributed by atoms with Crippen molar-refractivity contribution in [3.05, 3.63) is 53.3 Å². The van der Waals surface area contributed by atoms with E-state index in [1.165, 1.54) is 0 Å². The second-order valence-corrected chi connectivity index (χ2v) is 5.17. The van der Waals surface area contributed by atoms with Crippen LogP contribution in [0, 0.1) is 0 Å². The summed E-state index contributed by atoms with van der Waals surface area (Å²) in [6, 6.07) is 11.5. The van der Waals surface area contributed by atoms with Crippen molar-refractivity contribution in [1.82, 2.24) is 4.98 Å². The van der Waals surface area contributed by atoms with Crippen LogP contribution in [0.5, 0.6) is 0 Å². The van der Waals surface area contributed by atoms with E-state index in [9.17, 15) is 4.79 Å². The van der Waals surface area contributed by atoms with Gasteiger partial charge in [-0.1, -0.05) is 29.8 Å². The number of aromatic nitrogens is 1. The van der Waals surface area contributed by atoms with Crippen LogP contribution in [0.4, 0.5) is 11.4 Å². The van der Waals surface area contributed by atoms with Gasteiger partial charge < -0.3 is 10.2 Å². The summed E-state index contributed by atoms with van der Waals surface area (Å²) in [5.41, 5.74) is 2.92. The summed E-state index contributed by atoms with van der Waals surface area (Å²) in [6.45, 7) is 0. The van der Waals surface area contributed by atoms with Crippen LogP contribution >= 0.6 is 11.6 Å². The van der Waals surface area contributed by atoms with Crippen molar-refractivity contribution in [1.29, 1.82) is 0 Å². The average molecular weight is 288 g/mol. The number of halogens is 1. The predicted octanol–water partition coefficient (Wildman–Crippen LogP) is 3.25. The van der Waals surface area contributed by atoms with E-state index in [0.717, 1.165) is 16.9 Å². The smallest absolute Gasteiger partial charge is 0.229 e. The number of hydrogen-bond donors (Lipinski definition) is 1. The first-order valence-corrected chi connectivity index (χ1v) is 6.76. The molecule has 0 aliphatic carbocycles. The van der Waals surface area contributed by atoms with Gasteiger partial charge in [-0.15, -0.1) is 0 Å². The molecule has 0 bridgehead atoms. The third-order valence-corrected chi connectivity index (χ3v) is 3.70. The van der Waals surface area contributed by atoms with Crippen molar-refractivity contribution in [2.75, 3.05) is 17.3 Å². The molecular formula is C15H14ClN3O. The molecule has 0 radical (unpaired) electrons. The molecule has 1 N–H and O–H groups in total. The molecule has 0 spiro atoms. The Hall–Kier alpha value is -2.07. The number of benzene rings is 1. The summed E-state index contributed by atoms with van der Waals surface area (Å²) < 4.78 is 0. The quantitative estimate of drug-likeness (QED) is 0.863. The Morgan fingerprint density at radius 2 is 2.15 bits per heavy atom. The van der Waals surface area contributed by atoms with Crippen molar-refractivity contribution in [2.45, 2.75) is 12.5 Å². The van der Waals surface area contributed by atoms with Gasteiger partial charge in [0.15, 0.2) is 0 Å². The fourth-order valence-electron chi connectivity index (χ4n) is 2.47. The molecule has 102 valence electrons. The third-order valence-electron chi connectivity index (χ3n) is 3.49. The summed E-state index contributed by atoms with van der Waals surface area (Å²) in [7, 11) is 1.81. The molecule has 0 saturated carbocycles. The molecule has 2 aromatic rings. The molecule has 4 nitrogen and oxygen atoms in total. The lowest BCUT2D eigenvalue weighted by atomic mass is 9.96. The number of nitrogens with zero attached hydrogens (tertiary/aromatic N) is 2. The van der Waals surface area contributed by atoms with Gasteiger partial charge in [0, 0.05) is 24.6 Å². The molecule has 5 heteroatoms. The van der Waals surface area contributed by atoms with E-state index in [1.807, 2.05) is 30.3 Å². The molecule has 1 aromatic carbocycles. The van der Waals surface area contributed by atoms with Gasteiger partial charge in [0.2, 0.25) is 5.91 Å². The largest absolute Gasteiger partial charge is 0.377 e. The first-order valence-electron chi connectivity index (χ1n) is 6.39. The highest BCUT2D eigenvalue weighted by Gasteiger charge is 2.28. The molecule has 0 saturated heterocycles. The maximum Gasteiger partial charge on any atom is 0.229 e. The second-order valence-electron chi connectivity index (χ2n) is 4.78. The van der Waals surface area contributed by atoms with E-state index in [1.54, 1.807) is 24.2 Å². The molecule has 1 amide bonds. The highest BCUT2D eigenvalue weighted by atomic mass is 35.5. The molecule has 1 unspecified atom stereocenters. The van der Waals surface area contributed by atoms with Gasteiger partial charge in [-0.25, -0.2) is 4.98 Å². The van der Waals surface area contributed by atoms with Crippen LogP contribution in [0.2, 0.25) is 5.15 Å². The van der Waals surface area contributed by atoms with E-state index in [-0.39, 0.29) is 11.9 Å². The Morgan fingerprint density at radius 3 is 2.95 bits per heavy atom. The molecule has 1 aliphatic rings. The Bertz CT molecular complexity index is 659. The van der Waals surface area contributed by atoms with Crippen LogP contribution in [0.3, 0.4) is 0 Å². The highest BCUT2D eigenvalue weighted by molar-refractivity contribution is 6.29. The minimum absolute atomic E-state index is 0.0478. The van der Waals surface area contributed by atoms with Gasteiger partial charge in [-0.05, 0) is 23.8 Å². The minimum atomic E-state index is -0.0478. The summed E-state index contributed by atoms with van der Waals surface area (Å²) >= 11 is 5.89. The number of carbonyl (C=O) groups is 1. The van der Waals surface area contributed by atoms with Crippen molar-refractivity contribution in [2.24, 2.45) is 0 Å². The van der Waals surface area contributed by atoms with Gasteiger partial charge in [-0.3, -0.25) is 4.79 Å². The van der Waals surface area contributed by atoms with Crippen molar-refractivity contribution < 1.29 is 4.79 Å². The van der Waals surface area contributed by atoms with Crippen LogP contribution in [0.1, 0.15) is 18.0 Å². The van der Waals surface area contributed by atoms with E-state index in [2.05, 4.69) is 10.3 Å². The number of para-hydroxylation sites is 1. The summed E-state index contributed by atoms with van der Waals surface area (Å²) in [5.74, 6) is 0.0985. The van der Waals surface area contributed by atoms with Crippen LogP contribution in [-0.4, -0.2) is 17.9 Å². The summed E-state index contributed by atoms with van der Waals surface area (Å²) in [4.78, 5) is 17.7. The van der Waals surface area contributed by atoms with Crippen molar-refractivity contribution in [3.8, 4) is 0 Å². The fraction of sp³-hybridized carbons (Fsp3) is 0.200. The first kappa shape index (κ1) is 12.9. The standard InChI is InChI=1S/C15H14ClN3O/c1-19-13-5-3-2-4-11(13)12(9-15(19)20)18-10-6-7-17-14(16)8-10/h2-8,12H,9H2,1H3,(H,17,18). The number of hydrogen-bond acceptors (Lipinski definition) is 3. The Morgan fingerprint density at radius 1 is 1.35 bits per heavy atom. The lowest BCUT2D eigenvalue weighted by Gasteiger charge is -2.32. The first-order chi connectivity index (χ1) is 9.65. The summed E-state index contributed by atoms with van der Waals surface area (Å²) in [5, 5.41) is 3.79. The number of amides is 1. The Labute approximate surface area is 122 Å². The second kappa shape index (κ2) is 5.13. The van der Waals surface area contributed by atoms with Gasteiger partial charge >= 0.3 is 0 Å². The highest BCUT2D eigenvalue weighted by Crippen LogP contribution is 2.35. The lowest BCUT2D eigenvalue weighted by Crippen LogP contribution is -2.35. The number of pyridine rings is 1. The zero-order valence-corrected chi connectivity index (χ0v) is 11.8. The van der Waals surface area contributed by atoms with E-state index >= 15 is 0 Å². The van der Waals surface area contributed by atoms with Crippen molar-refractivity contribution in [3.63, 3.8) is 0 Å². The number of fused-ring (bicyclic) bond motifs is 1. The normalized spacial score (nSPS) is 17.8. The van der Waals surface area contributed by atoms with Crippen LogP contribution < -0.4 is 10.2 Å². The predicted molar refractivity (Wildman–Crippen MR) is 80.1 cm³/mol. The van der Waals surface area contributed by atoms with Crippen LogP contribution in [-0.2, 0) is 4.79 Å². The molecular weight excluding hydrogens is 274 g/mol. The molecule has 2 heterocycles. The monoisotopic (exact) mass is 287 g/mol. The molecule has 3 rings (SSSR count). The maximum absolute atomic E-state index is 12.1. The lowest BCUT2D eigenvalue weighted by molar-refractivity contribution is -0.118. The molecule has 1 aliphatic heterocycles. The number of rotatable bonds is 2. The topological polar surface area (TPSA) is 45.2 Å². The SMILES string of the molecule is CN1C(=O)CC(Nc2ccnc(Cl)c2)c2ccccc21. The van der Waals surface area contributed by atoms with E-state index in [0.29, 0.717) is 11.6 Å². The number of carbonyl (C=O) groups excluding carboxylic acids is 1. The van der Waals surface area contributed by atoms with E-state index < -0.39 is 0 Å². The molecule has 1 atom stereocenters. The molecule has 0 fully saturated rings. The number of anilines is 2. The average Bonchev–Trinajstić information content (AvgIpc) is 2.45. The van der Waals surface area contributed by atoms with Crippen LogP contribution in [0.15, 0.2) is 42.6 Å². The third kappa shape index (κ3) is 2.34. The molecule has 1 aromatic heterocycles.